The van der Waals surface area contributed by atoms with Crippen molar-refractivity contribution in [2.24, 2.45) is 10.2 Å². The number of benzene rings is 3. The number of nitrogens with one attached hydrogen (secondary N) is 1. The molecule has 0 saturated carbocycles. The fourth-order valence-corrected chi connectivity index (χ4v) is 2.25. The second-order valence-electron chi connectivity index (χ2n) is 5.72. The molecule has 1 N–H and O–H groups in total. The zero-order valence-electron chi connectivity index (χ0n) is 14.9. The fraction of sp³-hybridized carbons (Fsp3) is 0. The van der Waals surface area contributed by atoms with Crippen molar-refractivity contribution in [2.45, 2.75) is 0 Å². The first kappa shape index (κ1) is 19.4. The predicted octanol–water partition coefficient (Wildman–Crippen LogP) is 4.70. The zero-order chi connectivity index (χ0) is 20.6. The van der Waals surface area contributed by atoms with E-state index >= 15 is 0 Å². The van der Waals surface area contributed by atoms with Gasteiger partial charge in [-0.15, -0.1) is 10.2 Å². The third-order valence-electron chi connectivity index (χ3n) is 3.70. The van der Waals surface area contributed by atoms with Crippen LogP contribution in [0.15, 0.2) is 89.1 Å². The lowest BCUT2D eigenvalue weighted by atomic mass is 10.2. The highest BCUT2D eigenvalue weighted by molar-refractivity contribution is 5.94. The Bertz CT molecular complexity index is 1070. The van der Waals surface area contributed by atoms with Crippen LogP contribution >= 0.6 is 0 Å². The summed E-state index contributed by atoms with van der Waals surface area (Å²) < 4.78 is 0. The number of hydrogen-bond donors (Lipinski definition) is 1. The smallest absolute Gasteiger partial charge is 0.338 e. The van der Waals surface area contributed by atoms with Gasteiger partial charge >= 0.3 is 5.97 Å². The molecule has 3 aromatic carbocycles. The highest BCUT2D eigenvalue weighted by Crippen LogP contribution is 2.18. The average Bonchev–Trinajstić information content (AvgIpc) is 2.77. The van der Waals surface area contributed by atoms with E-state index in [2.05, 4.69) is 15.7 Å². The summed E-state index contributed by atoms with van der Waals surface area (Å²) in [6.07, 6.45) is 0. The first-order valence-electron chi connectivity index (χ1n) is 8.36. The molecular weight excluding hydrogens is 376 g/mol. The van der Waals surface area contributed by atoms with Gasteiger partial charge in [0.05, 0.1) is 21.9 Å². The third kappa shape index (κ3) is 5.30. The van der Waals surface area contributed by atoms with Crippen LogP contribution in [-0.2, 0) is 4.84 Å². The molecule has 144 valence electrons. The molecule has 0 atom stereocenters. The fourth-order valence-electron chi connectivity index (χ4n) is 2.25. The molecule has 3 aromatic rings. The van der Waals surface area contributed by atoms with Crippen molar-refractivity contribution in [1.82, 2.24) is 0 Å². The van der Waals surface area contributed by atoms with E-state index in [0.717, 1.165) is 6.07 Å². The highest BCUT2D eigenvalue weighted by atomic mass is 16.7. The maximum atomic E-state index is 12.0. The number of carbonyl (C=O) groups excluding carboxylic acids is 2. The Balaban J connectivity index is 1.57. The minimum atomic E-state index is -0.772. The van der Waals surface area contributed by atoms with E-state index in [-0.39, 0.29) is 11.3 Å². The Morgan fingerprint density at radius 3 is 2.28 bits per heavy atom. The number of amides is 1. The number of azo groups is 1. The molecule has 3 rings (SSSR count). The molecule has 1 amide bonds. The van der Waals surface area contributed by atoms with E-state index in [1.54, 1.807) is 54.6 Å². The molecule has 0 unspecified atom stereocenters. The number of nitro groups is 1. The van der Waals surface area contributed by atoms with Crippen molar-refractivity contribution in [2.75, 3.05) is 5.48 Å². The van der Waals surface area contributed by atoms with Crippen LogP contribution in [0.4, 0.5) is 17.1 Å². The van der Waals surface area contributed by atoms with E-state index in [4.69, 9.17) is 4.84 Å². The number of rotatable bonds is 6. The molecule has 0 heterocycles. The lowest BCUT2D eigenvalue weighted by Gasteiger charge is -2.06. The second-order valence-corrected chi connectivity index (χ2v) is 5.72. The normalized spacial score (nSPS) is 10.5. The standard InChI is InChI=1S/C20H14N4O5/c25-19(14-5-2-1-3-6-14)22-21-16-9-11-17(12-10-16)23-29-20(26)15-7-4-8-18(13-15)24(27)28/h1-13,23H. The summed E-state index contributed by atoms with van der Waals surface area (Å²) in [6, 6.07) is 20.0. The highest BCUT2D eigenvalue weighted by Gasteiger charge is 2.13. The lowest BCUT2D eigenvalue weighted by molar-refractivity contribution is -0.384. The van der Waals surface area contributed by atoms with Crippen LogP contribution in [0.5, 0.6) is 0 Å². The van der Waals surface area contributed by atoms with Crippen LogP contribution in [0, 0.1) is 10.1 Å². The van der Waals surface area contributed by atoms with Gasteiger partial charge < -0.3 is 4.84 Å². The lowest BCUT2D eigenvalue weighted by Crippen LogP contribution is -2.10. The molecule has 9 heteroatoms. The zero-order valence-corrected chi connectivity index (χ0v) is 14.9. The van der Waals surface area contributed by atoms with Gasteiger partial charge in [-0.3, -0.25) is 14.9 Å². The van der Waals surface area contributed by atoms with Gasteiger partial charge in [0.15, 0.2) is 0 Å². The van der Waals surface area contributed by atoms with E-state index in [0.29, 0.717) is 16.9 Å². The minimum Gasteiger partial charge on any atom is -0.338 e. The SMILES string of the molecule is O=C(N=Nc1ccc(NOC(=O)c2cccc([N+](=O)[O-])c2)cc1)c1ccccc1. The van der Waals surface area contributed by atoms with Crippen LogP contribution in [0.1, 0.15) is 20.7 Å². The number of non-ortho nitro benzene ring substituents is 1. The Kier molecular flexibility index (Phi) is 6.01. The van der Waals surface area contributed by atoms with Crippen LogP contribution in [0.25, 0.3) is 0 Å². The van der Waals surface area contributed by atoms with Gasteiger partial charge in [0.25, 0.3) is 11.6 Å². The van der Waals surface area contributed by atoms with Crippen molar-refractivity contribution in [1.29, 1.82) is 0 Å². The maximum Gasteiger partial charge on any atom is 0.363 e. The molecule has 29 heavy (non-hydrogen) atoms. The van der Waals surface area contributed by atoms with Gasteiger partial charge in [-0.25, -0.2) is 10.3 Å². The molecule has 0 spiro atoms. The van der Waals surface area contributed by atoms with Crippen molar-refractivity contribution in [3.05, 3.63) is 100 Å². The van der Waals surface area contributed by atoms with E-state index < -0.39 is 16.8 Å². The summed E-state index contributed by atoms with van der Waals surface area (Å²) in [7, 11) is 0. The molecule has 0 aliphatic heterocycles. The van der Waals surface area contributed by atoms with Crippen LogP contribution in [0.3, 0.4) is 0 Å². The summed E-state index contributed by atoms with van der Waals surface area (Å²) in [4.78, 5) is 39.0. The maximum absolute atomic E-state index is 12.0. The number of nitro benzene ring substituents is 1. The third-order valence-corrected chi connectivity index (χ3v) is 3.70. The van der Waals surface area contributed by atoms with Gasteiger partial charge in [-0.1, -0.05) is 24.3 Å². The van der Waals surface area contributed by atoms with Crippen LogP contribution in [-0.4, -0.2) is 16.8 Å². The monoisotopic (exact) mass is 390 g/mol. The van der Waals surface area contributed by atoms with Crippen molar-refractivity contribution < 1.29 is 19.3 Å². The van der Waals surface area contributed by atoms with E-state index in [9.17, 15) is 19.7 Å². The van der Waals surface area contributed by atoms with Crippen molar-refractivity contribution >= 4 is 28.9 Å². The number of hydrogen-bond acceptors (Lipinski definition) is 7. The first-order valence-corrected chi connectivity index (χ1v) is 8.36. The Labute approximate surface area is 164 Å². The first-order chi connectivity index (χ1) is 14.0. The molecule has 0 fully saturated rings. The van der Waals surface area contributed by atoms with Gasteiger partial charge in [-0.05, 0) is 42.5 Å². The number of carbonyl (C=O) groups is 2. The molecular formula is C20H14N4O5. The van der Waals surface area contributed by atoms with Crippen molar-refractivity contribution in [3.8, 4) is 0 Å². The van der Waals surface area contributed by atoms with Gasteiger partial charge in [0, 0.05) is 17.7 Å². The summed E-state index contributed by atoms with van der Waals surface area (Å²) >= 11 is 0. The summed E-state index contributed by atoms with van der Waals surface area (Å²) in [6.45, 7) is 0. The summed E-state index contributed by atoms with van der Waals surface area (Å²) in [5.41, 5.74) is 3.59. The largest absolute Gasteiger partial charge is 0.363 e. The second kappa shape index (κ2) is 9.00. The Morgan fingerprint density at radius 1 is 0.897 bits per heavy atom. The predicted molar refractivity (Wildman–Crippen MR) is 104 cm³/mol. The van der Waals surface area contributed by atoms with Crippen molar-refractivity contribution in [3.63, 3.8) is 0 Å². The van der Waals surface area contributed by atoms with Gasteiger partial charge in [0.2, 0.25) is 0 Å². The minimum absolute atomic E-state index is 0.0385. The molecule has 0 aliphatic rings. The molecule has 0 aromatic heterocycles. The Morgan fingerprint density at radius 2 is 1.59 bits per heavy atom. The van der Waals surface area contributed by atoms with E-state index in [1.165, 1.54) is 18.2 Å². The van der Waals surface area contributed by atoms with Crippen LogP contribution in [0.2, 0.25) is 0 Å². The number of nitrogens with zero attached hydrogens (tertiary/aromatic N) is 3. The summed E-state index contributed by atoms with van der Waals surface area (Å²) in [5.74, 6) is -1.23. The van der Waals surface area contributed by atoms with Crippen LogP contribution < -0.4 is 5.48 Å². The molecule has 0 bridgehead atoms. The van der Waals surface area contributed by atoms with Gasteiger partial charge in [0.1, 0.15) is 0 Å². The number of anilines is 1. The average molecular weight is 390 g/mol. The topological polar surface area (TPSA) is 123 Å². The quantitative estimate of drug-likeness (QED) is 0.369. The molecule has 9 nitrogen and oxygen atoms in total. The van der Waals surface area contributed by atoms with Gasteiger partial charge in [-0.2, -0.15) is 0 Å². The molecule has 0 saturated heterocycles. The summed E-state index contributed by atoms with van der Waals surface area (Å²) in [5, 5.41) is 18.3. The molecule has 0 radical (unpaired) electrons. The van der Waals surface area contributed by atoms with E-state index in [1.807, 2.05) is 0 Å². The Hall–Kier alpha value is -4.40. The molecule has 0 aliphatic carbocycles.